The Balaban J connectivity index is 4.70. The molecular weight excluding hydrogens is 486 g/mol. The Morgan fingerprint density at radius 1 is 0.816 bits per heavy atom. The zero-order valence-electron chi connectivity index (χ0n) is 24.3. The first-order valence-electron chi connectivity index (χ1n) is 14.0. The summed E-state index contributed by atoms with van der Waals surface area (Å²) in [7, 11) is 5.33. The van der Waals surface area contributed by atoms with Gasteiger partial charge in [0.2, 0.25) is 0 Å². The van der Waals surface area contributed by atoms with Crippen LogP contribution >= 0.6 is 0 Å². The fraction of sp³-hybridized carbons (Fsp3) is 0.700. The summed E-state index contributed by atoms with van der Waals surface area (Å²) in [4.78, 5) is 36.0. The van der Waals surface area contributed by atoms with Crippen molar-refractivity contribution in [1.29, 1.82) is 0 Å². The molecule has 0 heterocycles. The third-order valence-electron chi connectivity index (χ3n) is 5.79. The largest absolute Gasteiger partial charge is 0.544 e. The Morgan fingerprint density at radius 3 is 2.08 bits per heavy atom. The van der Waals surface area contributed by atoms with Gasteiger partial charge in [0.1, 0.15) is 12.6 Å². The Morgan fingerprint density at radius 2 is 1.45 bits per heavy atom. The quantitative estimate of drug-likeness (QED) is 0.0830. The highest BCUT2D eigenvalue weighted by Crippen LogP contribution is 2.09. The summed E-state index contributed by atoms with van der Waals surface area (Å²) in [6, 6.07) is -0.734. The number of nitrogens with zero attached hydrogens (tertiary/aromatic N) is 1. The van der Waals surface area contributed by atoms with Crippen molar-refractivity contribution in [1.82, 2.24) is 0 Å². The highest BCUT2D eigenvalue weighted by molar-refractivity contribution is 5.70. The summed E-state index contributed by atoms with van der Waals surface area (Å²) in [5.74, 6) is -1.91. The average molecular weight is 538 g/mol. The topological polar surface area (TPSA) is 102 Å². The molecule has 0 fully saturated rings. The molecular formula is C30H51NO7. The van der Waals surface area contributed by atoms with E-state index in [1.807, 2.05) is 18.2 Å². The first kappa shape index (κ1) is 35.5. The Bertz CT molecular complexity index is 737. The number of hydrogen-bond acceptors (Lipinski definition) is 7. The number of rotatable bonds is 23. The molecule has 0 aromatic rings. The molecule has 0 bridgehead atoms. The van der Waals surface area contributed by atoms with E-state index in [0.717, 1.165) is 25.7 Å². The lowest BCUT2D eigenvalue weighted by atomic mass is 10.1. The molecule has 0 aromatic carbocycles. The lowest BCUT2D eigenvalue weighted by molar-refractivity contribution is -0.889. The van der Waals surface area contributed by atoms with Crippen LogP contribution in [0.4, 0.5) is 0 Å². The normalized spacial score (nSPS) is 13.8. The van der Waals surface area contributed by atoms with Gasteiger partial charge in [0.15, 0.2) is 6.10 Å². The molecule has 218 valence electrons. The fourth-order valence-corrected chi connectivity index (χ4v) is 3.56. The van der Waals surface area contributed by atoms with Gasteiger partial charge in [-0.15, -0.1) is 0 Å². The minimum atomic E-state index is -1.14. The number of likely N-dealkylation sites (N-methyl/N-ethyl adjacent to an activating group) is 1. The van der Waals surface area contributed by atoms with E-state index in [2.05, 4.69) is 32.1 Å². The molecule has 0 radical (unpaired) electrons. The zero-order valence-corrected chi connectivity index (χ0v) is 24.3. The van der Waals surface area contributed by atoms with Crippen molar-refractivity contribution < 1.29 is 38.2 Å². The number of aliphatic carboxylic acids is 1. The molecule has 0 saturated carbocycles. The number of allylic oxidation sites excluding steroid dienone is 6. The second-order valence-corrected chi connectivity index (χ2v) is 10.2. The zero-order chi connectivity index (χ0) is 28.7. The fourth-order valence-electron chi connectivity index (χ4n) is 3.56. The van der Waals surface area contributed by atoms with E-state index in [0.29, 0.717) is 12.8 Å². The molecule has 8 nitrogen and oxygen atoms in total. The van der Waals surface area contributed by atoms with Crippen molar-refractivity contribution >= 4 is 17.9 Å². The van der Waals surface area contributed by atoms with Crippen molar-refractivity contribution in [2.45, 2.75) is 96.6 Å². The minimum absolute atomic E-state index is 0.00487. The van der Waals surface area contributed by atoms with Gasteiger partial charge in [0, 0.05) is 19.3 Å². The third kappa shape index (κ3) is 20.6. The number of unbranched alkanes of at least 4 members (excludes halogenated alkanes) is 3. The van der Waals surface area contributed by atoms with Crippen molar-refractivity contribution in [3.8, 4) is 0 Å². The number of carboxylic acid groups (broad SMARTS) is 1. The first-order valence-corrected chi connectivity index (χ1v) is 14.0. The number of quaternary nitrogens is 1. The first-order chi connectivity index (χ1) is 18.1. The monoisotopic (exact) mass is 537 g/mol. The van der Waals surface area contributed by atoms with Crippen molar-refractivity contribution in [2.24, 2.45) is 0 Å². The smallest absolute Gasteiger partial charge is 0.306 e. The third-order valence-corrected chi connectivity index (χ3v) is 5.79. The van der Waals surface area contributed by atoms with Gasteiger partial charge in [-0.2, -0.15) is 0 Å². The number of ether oxygens (including phenoxy) is 3. The number of carbonyl (C=O) groups is 3. The molecule has 0 spiro atoms. The molecule has 0 aromatic heterocycles. The second kappa shape index (κ2) is 22.5. The molecule has 38 heavy (non-hydrogen) atoms. The SMILES string of the molecule is CC/C=C/C/C=C/CCC(=O)OC(COCCC(C(=O)[O-])[N+](C)(C)C)COC(=O)CC/C=C/CCCCC. The van der Waals surface area contributed by atoms with Crippen LogP contribution in [0.2, 0.25) is 0 Å². The van der Waals surface area contributed by atoms with E-state index < -0.39 is 24.1 Å². The molecule has 0 aliphatic heterocycles. The van der Waals surface area contributed by atoms with Gasteiger partial charge in [-0.05, 0) is 38.5 Å². The standard InChI is InChI=1S/C30H51NO7/c1-6-8-10-12-14-16-18-20-28(32)37-25-26(24-36-23-22-27(30(34)35)31(3,4)5)38-29(33)21-19-17-15-13-11-9-7-2/h9,11,14-17,26-27H,6-8,10,12-13,18-25H2,1-5H3/b11-9+,16-14+,17-15+. The number of hydrogen-bond donors (Lipinski definition) is 0. The van der Waals surface area contributed by atoms with Crippen LogP contribution in [0.3, 0.4) is 0 Å². The van der Waals surface area contributed by atoms with Crippen LogP contribution in [-0.4, -0.2) is 75.5 Å². The van der Waals surface area contributed by atoms with Gasteiger partial charge in [-0.3, -0.25) is 9.59 Å². The summed E-state index contributed by atoms with van der Waals surface area (Å²) in [6.45, 7) is 4.28. The van der Waals surface area contributed by atoms with E-state index >= 15 is 0 Å². The molecule has 0 amide bonds. The van der Waals surface area contributed by atoms with E-state index in [4.69, 9.17) is 14.2 Å². The highest BCUT2D eigenvalue weighted by Gasteiger charge is 2.25. The number of carboxylic acids is 1. The van der Waals surface area contributed by atoms with Crippen LogP contribution in [-0.2, 0) is 28.6 Å². The van der Waals surface area contributed by atoms with Gasteiger partial charge >= 0.3 is 11.9 Å². The van der Waals surface area contributed by atoms with Crippen LogP contribution in [0.15, 0.2) is 36.5 Å². The molecule has 2 unspecified atom stereocenters. The lowest BCUT2D eigenvalue weighted by Gasteiger charge is -2.34. The number of esters is 2. The lowest BCUT2D eigenvalue weighted by Crippen LogP contribution is -2.55. The van der Waals surface area contributed by atoms with E-state index in [1.165, 1.54) is 12.8 Å². The molecule has 0 N–H and O–H groups in total. The van der Waals surface area contributed by atoms with E-state index in [9.17, 15) is 19.5 Å². The van der Waals surface area contributed by atoms with Gasteiger partial charge in [0.25, 0.3) is 0 Å². The maximum Gasteiger partial charge on any atom is 0.306 e. The van der Waals surface area contributed by atoms with Gasteiger partial charge in [0.05, 0.1) is 40.3 Å². The van der Waals surface area contributed by atoms with Gasteiger partial charge in [-0.1, -0.05) is 63.1 Å². The Kier molecular flexibility index (Phi) is 21.1. The molecule has 8 heteroatoms. The molecule has 0 rings (SSSR count). The summed E-state index contributed by atoms with van der Waals surface area (Å²) in [5, 5.41) is 11.4. The Labute approximate surface area is 230 Å². The summed E-state index contributed by atoms with van der Waals surface area (Å²) < 4.78 is 16.7. The maximum atomic E-state index is 12.4. The molecule has 2 atom stereocenters. The van der Waals surface area contributed by atoms with E-state index in [-0.39, 0.29) is 49.5 Å². The predicted molar refractivity (Wildman–Crippen MR) is 148 cm³/mol. The number of carbonyl (C=O) groups excluding carboxylic acids is 3. The molecule has 0 aliphatic carbocycles. The van der Waals surface area contributed by atoms with Crippen LogP contribution < -0.4 is 5.11 Å². The van der Waals surface area contributed by atoms with Gasteiger partial charge < -0.3 is 28.6 Å². The van der Waals surface area contributed by atoms with Gasteiger partial charge in [-0.25, -0.2) is 0 Å². The Hall–Kier alpha value is -2.45. The van der Waals surface area contributed by atoms with Crippen molar-refractivity contribution in [3.05, 3.63) is 36.5 Å². The summed E-state index contributed by atoms with van der Waals surface area (Å²) in [6.07, 6.45) is 19.6. The molecule has 0 aliphatic rings. The predicted octanol–water partition coefficient (Wildman–Crippen LogP) is 4.28. The second-order valence-electron chi connectivity index (χ2n) is 10.2. The van der Waals surface area contributed by atoms with Crippen LogP contribution in [0.5, 0.6) is 0 Å². The molecule has 0 saturated heterocycles. The van der Waals surface area contributed by atoms with Crippen LogP contribution in [0, 0.1) is 0 Å². The van der Waals surface area contributed by atoms with Crippen LogP contribution in [0.25, 0.3) is 0 Å². The van der Waals surface area contributed by atoms with Crippen molar-refractivity contribution in [2.75, 3.05) is 41.0 Å². The van der Waals surface area contributed by atoms with E-state index in [1.54, 1.807) is 21.1 Å². The summed E-state index contributed by atoms with van der Waals surface area (Å²) in [5.41, 5.74) is 0. The minimum Gasteiger partial charge on any atom is -0.544 e. The average Bonchev–Trinajstić information content (AvgIpc) is 2.84. The van der Waals surface area contributed by atoms with Crippen molar-refractivity contribution in [3.63, 3.8) is 0 Å². The maximum absolute atomic E-state index is 12.4. The highest BCUT2D eigenvalue weighted by atomic mass is 16.6. The summed E-state index contributed by atoms with van der Waals surface area (Å²) >= 11 is 0. The van der Waals surface area contributed by atoms with Crippen LogP contribution in [0.1, 0.15) is 84.5 Å².